The molecule has 1 heterocycles. The van der Waals surface area contributed by atoms with Gasteiger partial charge in [-0.05, 0) is 19.9 Å². The highest BCUT2D eigenvalue weighted by molar-refractivity contribution is 14.1. The summed E-state index contributed by atoms with van der Waals surface area (Å²) < 4.78 is 2.33. The molecule has 1 saturated heterocycles. The van der Waals surface area contributed by atoms with E-state index in [1.54, 1.807) is 0 Å². The molecule has 0 radical (unpaired) electrons. The fraction of sp³-hybridized carbons (Fsp3) is 0.700. The van der Waals surface area contributed by atoms with Crippen molar-refractivity contribution in [3.63, 3.8) is 0 Å². The van der Waals surface area contributed by atoms with Crippen LogP contribution in [-0.4, -0.2) is 45.5 Å². The number of carbonyl (C=O) groups is 1. The predicted molar refractivity (Wildman–Crippen MR) is 66.4 cm³/mol. The normalized spacial score (nSPS) is 30.2. The Labute approximate surface area is 99.6 Å². The Morgan fingerprint density at radius 1 is 1.50 bits per heavy atom. The number of halogens is 1. The van der Waals surface area contributed by atoms with E-state index in [2.05, 4.69) is 51.3 Å². The highest BCUT2D eigenvalue weighted by Crippen LogP contribution is 2.19. The van der Waals surface area contributed by atoms with E-state index in [1.165, 1.54) is 6.08 Å². The Balaban J connectivity index is 2.49. The zero-order valence-electron chi connectivity index (χ0n) is 8.74. The average molecular weight is 308 g/mol. The first-order valence-corrected chi connectivity index (χ1v) is 5.82. The smallest absolute Gasteiger partial charge is 0.169 e. The van der Waals surface area contributed by atoms with Crippen molar-refractivity contribution in [2.24, 2.45) is 0 Å². The van der Waals surface area contributed by atoms with Crippen LogP contribution in [0.2, 0.25) is 0 Å². The van der Waals surface area contributed by atoms with Crippen molar-refractivity contribution < 1.29 is 4.79 Å². The molecule has 1 aliphatic heterocycles. The van der Waals surface area contributed by atoms with Crippen molar-refractivity contribution in [2.75, 3.05) is 19.6 Å². The van der Waals surface area contributed by atoms with Crippen molar-refractivity contribution in [1.82, 2.24) is 8.01 Å². The molecule has 1 fully saturated rings. The maximum atomic E-state index is 11.2. The molecule has 0 amide bonds. The maximum absolute atomic E-state index is 11.2. The van der Waals surface area contributed by atoms with Gasteiger partial charge < -0.3 is 0 Å². The molecular weight excluding hydrogens is 291 g/mol. The summed E-state index contributed by atoms with van der Waals surface area (Å²) >= 11 is 2.36. The summed E-state index contributed by atoms with van der Waals surface area (Å²) in [5.41, 5.74) is 0. The molecule has 0 unspecified atom stereocenters. The second-order valence-electron chi connectivity index (χ2n) is 3.91. The van der Waals surface area contributed by atoms with Gasteiger partial charge in [0.05, 0.1) is 6.54 Å². The number of hydrogen-bond donors (Lipinski definition) is 0. The summed E-state index contributed by atoms with van der Waals surface area (Å²) in [6, 6.07) is 1.02. The number of piperazine rings is 1. The van der Waals surface area contributed by atoms with Gasteiger partial charge in [0.15, 0.2) is 5.78 Å². The topological polar surface area (TPSA) is 23.6 Å². The lowest BCUT2D eigenvalue weighted by atomic mass is 10.1. The Kier molecular flexibility index (Phi) is 4.53. The van der Waals surface area contributed by atoms with E-state index in [0.29, 0.717) is 18.6 Å². The third-order valence-corrected chi connectivity index (χ3v) is 4.40. The number of carbonyl (C=O) groups excluding carboxylic acids is 1. The van der Waals surface area contributed by atoms with Crippen molar-refractivity contribution in [3.05, 3.63) is 12.7 Å². The van der Waals surface area contributed by atoms with Crippen molar-refractivity contribution in [3.8, 4) is 0 Å². The van der Waals surface area contributed by atoms with Gasteiger partial charge in [-0.1, -0.05) is 6.58 Å². The van der Waals surface area contributed by atoms with Gasteiger partial charge in [-0.2, -0.15) is 0 Å². The summed E-state index contributed by atoms with van der Waals surface area (Å²) in [6.07, 6.45) is 1.41. The van der Waals surface area contributed by atoms with Crippen LogP contribution in [0.1, 0.15) is 13.8 Å². The SMILES string of the molecule is C=CC(=O)CN1C[C@H](C)N(I)[C@@H](C)C1. The van der Waals surface area contributed by atoms with Crippen molar-refractivity contribution in [1.29, 1.82) is 0 Å². The van der Waals surface area contributed by atoms with E-state index < -0.39 is 0 Å². The standard InChI is InChI=1S/C10H17IN2O/c1-4-10(14)7-12-5-8(2)13(11)9(3)6-12/h4,8-9H,1,5-7H2,2-3H3/t8-,9-/m0/s1. The van der Waals surface area contributed by atoms with Gasteiger partial charge >= 0.3 is 0 Å². The summed E-state index contributed by atoms with van der Waals surface area (Å²) in [7, 11) is 0. The predicted octanol–water partition coefficient (Wildman–Crippen LogP) is 1.49. The summed E-state index contributed by atoms with van der Waals surface area (Å²) in [4.78, 5) is 13.4. The molecule has 0 spiro atoms. The Bertz CT molecular complexity index is 220. The lowest BCUT2D eigenvalue weighted by Gasteiger charge is -2.40. The highest BCUT2D eigenvalue weighted by atomic mass is 127. The third kappa shape index (κ3) is 3.03. The first kappa shape index (κ1) is 12.1. The van der Waals surface area contributed by atoms with E-state index in [1.807, 2.05) is 0 Å². The summed E-state index contributed by atoms with van der Waals surface area (Å²) in [6.45, 7) is 10.3. The fourth-order valence-corrected chi connectivity index (χ4v) is 2.18. The van der Waals surface area contributed by atoms with Gasteiger partial charge in [-0.15, -0.1) is 0 Å². The largest absolute Gasteiger partial charge is 0.293 e. The molecule has 1 aliphatic rings. The Hall–Kier alpha value is 0.0600. The van der Waals surface area contributed by atoms with E-state index >= 15 is 0 Å². The minimum atomic E-state index is 0.117. The van der Waals surface area contributed by atoms with Crippen LogP contribution >= 0.6 is 22.9 Å². The number of ketones is 1. The fourth-order valence-electron chi connectivity index (χ4n) is 1.83. The zero-order valence-corrected chi connectivity index (χ0v) is 10.9. The van der Waals surface area contributed by atoms with Crippen LogP contribution in [0.4, 0.5) is 0 Å². The van der Waals surface area contributed by atoms with Crippen molar-refractivity contribution in [2.45, 2.75) is 25.9 Å². The monoisotopic (exact) mass is 308 g/mol. The molecule has 2 atom stereocenters. The molecule has 14 heavy (non-hydrogen) atoms. The molecule has 80 valence electrons. The van der Waals surface area contributed by atoms with Crippen LogP contribution in [0.5, 0.6) is 0 Å². The first-order valence-electron chi connectivity index (χ1n) is 4.86. The third-order valence-electron chi connectivity index (χ3n) is 2.49. The van der Waals surface area contributed by atoms with Crippen LogP contribution in [0.3, 0.4) is 0 Å². The first-order chi connectivity index (χ1) is 6.54. The van der Waals surface area contributed by atoms with Crippen LogP contribution in [-0.2, 0) is 4.79 Å². The molecule has 3 nitrogen and oxygen atoms in total. The van der Waals surface area contributed by atoms with Gasteiger partial charge in [0.2, 0.25) is 0 Å². The van der Waals surface area contributed by atoms with Crippen LogP contribution in [0, 0.1) is 0 Å². The minimum Gasteiger partial charge on any atom is -0.293 e. The number of rotatable bonds is 3. The summed E-state index contributed by atoms with van der Waals surface area (Å²) in [5.74, 6) is 0.117. The quantitative estimate of drug-likeness (QED) is 0.448. The van der Waals surface area contributed by atoms with Gasteiger partial charge in [-0.3, -0.25) is 9.69 Å². The Morgan fingerprint density at radius 2 is 2.00 bits per heavy atom. The molecule has 0 saturated carbocycles. The highest BCUT2D eigenvalue weighted by Gasteiger charge is 2.27. The van der Waals surface area contributed by atoms with E-state index in [9.17, 15) is 4.79 Å². The molecule has 0 aromatic carbocycles. The molecule has 4 heteroatoms. The summed E-state index contributed by atoms with van der Waals surface area (Å²) in [5, 5.41) is 0. The number of hydrogen-bond acceptors (Lipinski definition) is 3. The number of nitrogens with zero attached hydrogens (tertiary/aromatic N) is 2. The average Bonchev–Trinajstić information content (AvgIpc) is 2.14. The van der Waals surface area contributed by atoms with Gasteiger partial charge in [0.1, 0.15) is 0 Å². The minimum absolute atomic E-state index is 0.117. The molecule has 0 bridgehead atoms. The molecule has 1 rings (SSSR count). The van der Waals surface area contributed by atoms with Gasteiger partial charge in [-0.25, -0.2) is 3.11 Å². The molecule has 0 aliphatic carbocycles. The van der Waals surface area contributed by atoms with Crippen molar-refractivity contribution >= 4 is 28.6 Å². The van der Waals surface area contributed by atoms with Gasteiger partial charge in [0.25, 0.3) is 0 Å². The zero-order chi connectivity index (χ0) is 10.7. The van der Waals surface area contributed by atoms with Crippen LogP contribution < -0.4 is 0 Å². The second-order valence-corrected chi connectivity index (χ2v) is 5.02. The Morgan fingerprint density at radius 3 is 2.43 bits per heavy atom. The van der Waals surface area contributed by atoms with E-state index in [0.717, 1.165) is 13.1 Å². The molecular formula is C10H17IN2O. The molecule has 0 aromatic heterocycles. The molecule has 0 aromatic rings. The van der Waals surface area contributed by atoms with Crippen LogP contribution in [0.15, 0.2) is 12.7 Å². The van der Waals surface area contributed by atoms with Gasteiger partial charge in [0, 0.05) is 48.0 Å². The van der Waals surface area contributed by atoms with E-state index in [4.69, 9.17) is 0 Å². The van der Waals surface area contributed by atoms with Crippen LogP contribution in [0.25, 0.3) is 0 Å². The molecule has 0 N–H and O–H groups in total. The lowest BCUT2D eigenvalue weighted by Crippen LogP contribution is -2.53. The maximum Gasteiger partial charge on any atom is 0.169 e. The second kappa shape index (κ2) is 5.23. The lowest BCUT2D eigenvalue weighted by molar-refractivity contribution is -0.116. The van der Waals surface area contributed by atoms with E-state index in [-0.39, 0.29) is 5.78 Å².